The molecule has 2 rings (SSSR count). The van der Waals surface area contributed by atoms with Gasteiger partial charge in [0.05, 0.1) is 10.8 Å². The number of amides is 1. The van der Waals surface area contributed by atoms with Crippen LogP contribution < -0.4 is 11.1 Å². The van der Waals surface area contributed by atoms with Crippen molar-refractivity contribution < 1.29 is 13.2 Å². The van der Waals surface area contributed by atoms with Gasteiger partial charge in [-0.15, -0.1) is 12.4 Å². The minimum Gasteiger partial charge on any atom is -0.355 e. The van der Waals surface area contributed by atoms with Crippen LogP contribution in [0.4, 0.5) is 0 Å². The third-order valence-electron chi connectivity index (χ3n) is 3.58. The molecule has 1 aromatic carbocycles. The topological polar surface area (TPSA) is 92.5 Å². The van der Waals surface area contributed by atoms with Crippen molar-refractivity contribution in [1.82, 2.24) is 9.62 Å². The minimum absolute atomic E-state index is 0. The molecule has 0 aromatic heterocycles. The predicted octanol–water partition coefficient (Wildman–Crippen LogP) is 0.584. The lowest BCUT2D eigenvalue weighted by atomic mass is 9.99. The summed E-state index contributed by atoms with van der Waals surface area (Å²) in [5.74, 6) is -0.419. The zero-order valence-electron chi connectivity index (χ0n) is 12.3. The second kappa shape index (κ2) is 8.47. The van der Waals surface area contributed by atoms with Gasteiger partial charge in [-0.1, -0.05) is 18.2 Å². The molecule has 0 bridgehead atoms. The Morgan fingerprint density at radius 3 is 2.64 bits per heavy atom. The number of piperidine rings is 1. The summed E-state index contributed by atoms with van der Waals surface area (Å²) in [7, 11) is -3.52. The molecule has 3 N–H and O–H groups in total. The highest BCUT2D eigenvalue weighted by atomic mass is 35.5. The Labute approximate surface area is 137 Å². The average Bonchev–Trinajstić information content (AvgIpc) is 2.53. The number of rotatable bonds is 5. The van der Waals surface area contributed by atoms with Crippen LogP contribution in [0.25, 0.3) is 0 Å². The van der Waals surface area contributed by atoms with Crippen LogP contribution in [-0.2, 0) is 14.8 Å². The van der Waals surface area contributed by atoms with Gasteiger partial charge in [0, 0.05) is 26.2 Å². The largest absolute Gasteiger partial charge is 0.355 e. The average molecular weight is 348 g/mol. The van der Waals surface area contributed by atoms with Gasteiger partial charge in [-0.2, -0.15) is 4.31 Å². The number of nitrogens with one attached hydrogen (secondary N) is 1. The highest BCUT2D eigenvalue weighted by molar-refractivity contribution is 7.89. The van der Waals surface area contributed by atoms with E-state index in [1.807, 2.05) is 0 Å². The lowest BCUT2D eigenvalue weighted by molar-refractivity contribution is -0.126. The number of nitrogens with two attached hydrogens (primary N) is 1. The smallest absolute Gasteiger partial charge is 0.243 e. The summed E-state index contributed by atoms with van der Waals surface area (Å²) >= 11 is 0. The molecule has 0 spiro atoms. The van der Waals surface area contributed by atoms with Crippen molar-refractivity contribution in [3.05, 3.63) is 30.3 Å². The van der Waals surface area contributed by atoms with Crippen LogP contribution in [0, 0.1) is 5.92 Å². The monoisotopic (exact) mass is 347 g/mol. The van der Waals surface area contributed by atoms with Gasteiger partial charge in [-0.05, 0) is 25.0 Å². The SMILES string of the molecule is Cl.NCCNC(=O)C1CCCN(S(=O)(=O)c2ccccc2)C1. The van der Waals surface area contributed by atoms with Crippen LogP contribution in [0.1, 0.15) is 12.8 Å². The van der Waals surface area contributed by atoms with Crippen LogP contribution in [-0.4, -0.2) is 44.8 Å². The normalized spacial score (nSPS) is 19.2. The number of halogens is 1. The van der Waals surface area contributed by atoms with Crippen LogP contribution >= 0.6 is 12.4 Å². The number of carbonyl (C=O) groups excluding carboxylic acids is 1. The highest BCUT2D eigenvalue weighted by Crippen LogP contribution is 2.23. The zero-order valence-corrected chi connectivity index (χ0v) is 13.9. The van der Waals surface area contributed by atoms with E-state index in [9.17, 15) is 13.2 Å². The first kappa shape index (κ1) is 18.9. The summed E-state index contributed by atoms with van der Waals surface area (Å²) in [5.41, 5.74) is 5.36. The van der Waals surface area contributed by atoms with Crippen molar-refractivity contribution in [3.8, 4) is 0 Å². The first-order valence-electron chi connectivity index (χ1n) is 7.08. The number of hydrogen-bond acceptors (Lipinski definition) is 4. The Balaban J connectivity index is 0.00000242. The third-order valence-corrected chi connectivity index (χ3v) is 5.46. The van der Waals surface area contributed by atoms with E-state index in [2.05, 4.69) is 5.32 Å². The molecule has 1 unspecified atom stereocenters. The fourth-order valence-corrected chi connectivity index (χ4v) is 4.00. The van der Waals surface area contributed by atoms with E-state index in [0.29, 0.717) is 32.5 Å². The van der Waals surface area contributed by atoms with E-state index in [-0.39, 0.29) is 35.7 Å². The Morgan fingerprint density at radius 1 is 1.32 bits per heavy atom. The second-order valence-corrected chi connectivity index (χ2v) is 7.03. The summed E-state index contributed by atoms with van der Waals surface area (Å²) in [6, 6.07) is 8.32. The summed E-state index contributed by atoms with van der Waals surface area (Å²) in [5, 5.41) is 2.73. The van der Waals surface area contributed by atoms with Gasteiger partial charge in [0.2, 0.25) is 15.9 Å². The summed E-state index contributed by atoms with van der Waals surface area (Å²) in [6.45, 7) is 1.48. The maximum atomic E-state index is 12.5. The first-order chi connectivity index (χ1) is 10.1. The number of benzene rings is 1. The molecule has 22 heavy (non-hydrogen) atoms. The fourth-order valence-electron chi connectivity index (χ4n) is 2.46. The van der Waals surface area contributed by atoms with Crippen molar-refractivity contribution in [2.24, 2.45) is 11.7 Å². The number of hydrogen-bond donors (Lipinski definition) is 2. The molecule has 1 saturated heterocycles. The van der Waals surface area contributed by atoms with Crippen molar-refractivity contribution in [2.45, 2.75) is 17.7 Å². The Kier molecular flexibility index (Phi) is 7.28. The minimum atomic E-state index is -3.52. The van der Waals surface area contributed by atoms with Crippen molar-refractivity contribution in [1.29, 1.82) is 0 Å². The Bertz CT molecular complexity index is 580. The van der Waals surface area contributed by atoms with E-state index in [0.717, 1.165) is 0 Å². The van der Waals surface area contributed by atoms with E-state index < -0.39 is 10.0 Å². The molecule has 0 aliphatic carbocycles. The molecule has 124 valence electrons. The lowest BCUT2D eigenvalue weighted by Gasteiger charge is -2.31. The molecule has 1 fully saturated rings. The second-order valence-electron chi connectivity index (χ2n) is 5.09. The molecule has 1 aliphatic rings. The van der Waals surface area contributed by atoms with Gasteiger partial charge in [0.1, 0.15) is 0 Å². The van der Waals surface area contributed by atoms with Crippen molar-refractivity contribution in [3.63, 3.8) is 0 Å². The fraction of sp³-hybridized carbons (Fsp3) is 0.500. The Hall–Kier alpha value is -1.15. The van der Waals surface area contributed by atoms with E-state index in [4.69, 9.17) is 5.73 Å². The molecule has 1 heterocycles. The predicted molar refractivity (Wildman–Crippen MR) is 87.2 cm³/mol. The van der Waals surface area contributed by atoms with Gasteiger partial charge in [0.15, 0.2) is 0 Å². The molecule has 0 radical (unpaired) electrons. The van der Waals surface area contributed by atoms with E-state index >= 15 is 0 Å². The van der Waals surface area contributed by atoms with Crippen molar-refractivity contribution >= 4 is 28.3 Å². The molecule has 0 saturated carbocycles. The van der Waals surface area contributed by atoms with Crippen LogP contribution in [0.2, 0.25) is 0 Å². The number of nitrogens with zero attached hydrogens (tertiary/aromatic N) is 1. The van der Waals surface area contributed by atoms with Gasteiger partial charge in [0.25, 0.3) is 0 Å². The third kappa shape index (κ3) is 4.42. The van der Waals surface area contributed by atoms with Gasteiger partial charge < -0.3 is 11.1 Å². The molecular weight excluding hydrogens is 326 g/mol. The molecule has 1 aromatic rings. The van der Waals surface area contributed by atoms with E-state index in [1.165, 1.54) is 4.31 Å². The molecular formula is C14H22ClN3O3S. The number of sulfonamides is 1. The van der Waals surface area contributed by atoms with E-state index in [1.54, 1.807) is 30.3 Å². The molecule has 8 heteroatoms. The van der Waals surface area contributed by atoms with Gasteiger partial charge >= 0.3 is 0 Å². The highest BCUT2D eigenvalue weighted by Gasteiger charge is 2.32. The standard InChI is InChI=1S/C14H21N3O3S.ClH/c15-8-9-16-14(18)12-5-4-10-17(11-12)21(19,20)13-6-2-1-3-7-13;/h1-3,6-7,12H,4-5,8-11,15H2,(H,16,18);1H. The Morgan fingerprint density at radius 2 is 2.00 bits per heavy atom. The molecule has 1 aliphatic heterocycles. The maximum absolute atomic E-state index is 12.5. The number of carbonyl (C=O) groups is 1. The van der Waals surface area contributed by atoms with Crippen LogP contribution in [0.5, 0.6) is 0 Å². The van der Waals surface area contributed by atoms with Crippen LogP contribution in [0.15, 0.2) is 35.2 Å². The maximum Gasteiger partial charge on any atom is 0.243 e. The summed E-state index contributed by atoms with van der Waals surface area (Å²) in [6.07, 6.45) is 1.39. The quantitative estimate of drug-likeness (QED) is 0.815. The summed E-state index contributed by atoms with van der Waals surface area (Å²) < 4.78 is 26.5. The first-order valence-corrected chi connectivity index (χ1v) is 8.52. The molecule has 6 nitrogen and oxygen atoms in total. The zero-order chi connectivity index (χ0) is 15.3. The molecule has 1 atom stereocenters. The van der Waals surface area contributed by atoms with Gasteiger partial charge in [-0.25, -0.2) is 8.42 Å². The lowest BCUT2D eigenvalue weighted by Crippen LogP contribution is -2.46. The summed E-state index contributed by atoms with van der Waals surface area (Å²) in [4.78, 5) is 12.2. The van der Waals surface area contributed by atoms with Crippen molar-refractivity contribution in [2.75, 3.05) is 26.2 Å². The van der Waals surface area contributed by atoms with Gasteiger partial charge in [-0.3, -0.25) is 4.79 Å². The molecule has 1 amide bonds. The van der Waals surface area contributed by atoms with Crippen LogP contribution in [0.3, 0.4) is 0 Å².